The number of hydrogen-bond donors (Lipinski definition) is 1. The standard InChI is InChI=1S/C15H22N2O2/c1-3-4-7-10-17(2)15(18)14-11-16-12-8-5-6-9-13(12)19-14/h5-6,8-9,14,16H,3-4,7,10-11H2,1-2H3. The lowest BCUT2D eigenvalue weighted by Crippen LogP contribution is -2.45. The summed E-state index contributed by atoms with van der Waals surface area (Å²) in [5.74, 6) is 0.812. The van der Waals surface area contributed by atoms with Gasteiger partial charge in [0.05, 0.1) is 12.2 Å². The molecular formula is C15H22N2O2. The van der Waals surface area contributed by atoms with Crippen LogP contribution < -0.4 is 10.1 Å². The van der Waals surface area contributed by atoms with E-state index in [9.17, 15) is 4.79 Å². The van der Waals surface area contributed by atoms with Crippen molar-refractivity contribution in [1.29, 1.82) is 0 Å². The molecule has 4 nitrogen and oxygen atoms in total. The fourth-order valence-electron chi connectivity index (χ4n) is 2.21. The molecule has 0 spiro atoms. The Morgan fingerprint density at radius 2 is 2.21 bits per heavy atom. The molecule has 0 saturated carbocycles. The summed E-state index contributed by atoms with van der Waals surface area (Å²) < 4.78 is 5.77. The number of hydrogen-bond acceptors (Lipinski definition) is 3. The van der Waals surface area contributed by atoms with Crippen LogP contribution in [-0.2, 0) is 4.79 Å². The van der Waals surface area contributed by atoms with E-state index < -0.39 is 6.10 Å². The first-order chi connectivity index (χ1) is 9.22. The highest BCUT2D eigenvalue weighted by molar-refractivity contribution is 5.82. The maximum absolute atomic E-state index is 12.3. The SMILES string of the molecule is CCCCCN(C)C(=O)C1CNc2ccccc2O1. The van der Waals surface area contributed by atoms with E-state index >= 15 is 0 Å². The minimum atomic E-state index is -0.415. The predicted molar refractivity (Wildman–Crippen MR) is 76.5 cm³/mol. The summed E-state index contributed by atoms with van der Waals surface area (Å²) in [5.41, 5.74) is 0.959. The van der Waals surface area contributed by atoms with Crippen molar-refractivity contribution in [1.82, 2.24) is 4.90 Å². The van der Waals surface area contributed by atoms with E-state index in [4.69, 9.17) is 4.74 Å². The molecule has 1 amide bonds. The van der Waals surface area contributed by atoms with Crippen molar-refractivity contribution in [3.63, 3.8) is 0 Å². The molecule has 2 rings (SSSR count). The van der Waals surface area contributed by atoms with Crippen LogP contribution in [0, 0.1) is 0 Å². The maximum atomic E-state index is 12.3. The molecule has 19 heavy (non-hydrogen) atoms. The third kappa shape index (κ3) is 3.40. The first-order valence-corrected chi connectivity index (χ1v) is 6.97. The number of carbonyl (C=O) groups is 1. The summed E-state index contributed by atoms with van der Waals surface area (Å²) in [7, 11) is 1.85. The zero-order valence-electron chi connectivity index (χ0n) is 11.7. The highest BCUT2D eigenvalue weighted by Gasteiger charge is 2.27. The number of amides is 1. The van der Waals surface area contributed by atoms with E-state index in [1.54, 1.807) is 4.90 Å². The predicted octanol–water partition coefficient (Wildman–Crippen LogP) is 2.51. The average molecular weight is 262 g/mol. The highest BCUT2D eigenvalue weighted by Crippen LogP contribution is 2.28. The van der Waals surface area contributed by atoms with Gasteiger partial charge >= 0.3 is 0 Å². The van der Waals surface area contributed by atoms with Crippen LogP contribution in [-0.4, -0.2) is 37.0 Å². The molecule has 1 N–H and O–H groups in total. The largest absolute Gasteiger partial charge is 0.477 e. The average Bonchev–Trinajstić information content (AvgIpc) is 2.46. The smallest absolute Gasteiger partial charge is 0.265 e. The molecular weight excluding hydrogens is 240 g/mol. The first kappa shape index (κ1) is 13.7. The summed E-state index contributed by atoms with van der Waals surface area (Å²) in [6.45, 7) is 3.50. The van der Waals surface area contributed by atoms with Crippen molar-refractivity contribution in [2.24, 2.45) is 0 Å². The molecule has 0 radical (unpaired) electrons. The lowest BCUT2D eigenvalue weighted by molar-refractivity contribution is -0.137. The monoisotopic (exact) mass is 262 g/mol. The minimum Gasteiger partial charge on any atom is -0.477 e. The number of unbranched alkanes of at least 4 members (excludes halogenated alkanes) is 2. The second-order valence-electron chi connectivity index (χ2n) is 4.95. The molecule has 1 aliphatic rings. The third-order valence-corrected chi connectivity index (χ3v) is 3.38. The number of rotatable bonds is 5. The fraction of sp³-hybridized carbons (Fsp3) is 0.533. The van der Waals surface area contributed by atoms with Gasteiger partial charge in [-0.25, -0.2) is 0 Å². The third-order valence-electron chi connectivity index (χ3n) is 3.38. The van der Waals surface area contributed by atoms with Crippen molar-refractivity contribution < 1.29 is 9.53 Å². The molecule has 4 heteroatoms. The number of carbonyl (C=O) groups excluding carboxylic acids is 1. The van der Waals surface area contributed by atoms with Gasteiger partial charge in [-0.2, -0.15) is 0 Å². The van der Waals surface area contributed by atoms with Gasteiger partial charge < -0.3 is 15.0 Å². The molecule has 1 unspecified atom stereocenters. The van der Waals surface area contributed by atoms with Crippen LogP contribution in [0.25, 0.3) is 0 Å². The Kier molecular flexibility index (Phi) is 4.66. The topological polar surface area (TPSA) is 41.6 Å². The second kappa shape index (κ2) is 6.45. The number of anilines is 1. The van der Waals surface area contributed by atoms with E-state index in [1.807, 2.05) is 31.3 Å². The molecule has 1 atom stereocenters. The molecule has 0 bridgehead atoms. The van der Waals surface area contributed by atoms with Gasteiger partial charge in [-0.1, -0.05) is 31.9 Å². The van der Waals surface area contributed by atoms with E-state index in [1.165, 1.54) is 0 Å². The van der Waals surface area contributed by atoms with Gasteiger partial charge in [-0.3, -0.25) is 4.79 Å². The Hall–Kier alpha value is -1.71. The number of ether oxygens (including phenoxy) is 1. The Bertz CT molecular complexity index is 434. The van der Waals surface area contributed by atoms with Crippen molar-refractivity contribution in [2.45, 2.75) is 32.3 Å². The van der Waals surface area contributed by atoms with Gasteiger partial charge in [-0.05, 0) is 18.6 Å². The first-order valence-electron chi connectivity index (χ1n) is 6.97. The van der Waals surface area contributed by atoms with Crippen LogP contribution in [0.1, 0.15) is 26.2 Å². The summed E-state index contributed by atoms with van der Waals surface area (Å²) >= 11 is 0. The molecule has 1 aliphatic heterocycles. The Morgan fingerprint density at radius 1 is 1.42 bits per heavy atom. The Morgan fingerprint density at radius 3 is 3.00 bits per heavy atom. The summed E-state index contributed by atoms with van der Waals surface area (Å²) in [4.78, 5) is 14.0. The summed E-state index contributed by atoms with van der Waals surface area (Å²) in [6.07, 6.45) is 2.96. The highest BCUT2D eigenvalue weighted by atomic mass is 16.5. The Balaban J connectivity index is 1.91. The van der Waals surface area contributed by atoms with Crippen LogP contribution in [0.4, 0.5) is 5.69 Å². The van der Waals surface area contributed by atoms with Gasteiger partial charge in [-0.15, -0.1) is 0 Å². The molecule has 0 fully saturated rings. The zero-order valence-corrected chi connectivity index (χ0v) is 11.7. The zero-order chi connectivity index (χ0) is 13.7. The maximum Gasteiger partial charge on any atom is 0.265 e. The number of benzene rings is 1. The van der Waals surface area contributed by atoms with Crippen LogP contribution in [0.5, 0.6) is 5.75 Å². The van der Waals surface area contributed by atoms with Crippen LogP contribution in [0.3, 0.4) is 0 Å². The minimum absolute atomic E-state index is 0.0538. The van der Waals surface area contributed by atoms with Gasteiger partial charge in [0.1, 0.15) is 5.75 Å². The number of fused-ring (bicyclic) bond motifs is 1. The lowest BCUT2D eigenvalue weighted by atomic mass is 10.2. The van der Waals surface area contributed by atoms with Gasteiger partial charge in [0.15, 0.2) is 6.10 Å². The normalized spacial score (nSPS) is 17.1. The van der Waals surface area contributed by atoms with Gasteiger partial charge in [0.2, 0.25) is 0 Å². The molecule has 1 heterocycles. The molecule has 104 valence electrons. The van der Waals surface area contributed by atoms with Crippen molar-refractivity contribution in [3.05, 3.63) is 24.3 Å². The van der Waals surface area contributed by atoms with E-state index in [0.29, 0.717) is 6.54 Å². The number of nitrogens with one attached hydrogen (secondary N) is 1. The molecule has 0 aliphatic carbocycles. The summed E-state index contributed by atoms with van der Waals surface area (Å²) in [5, 5.41) is 3.24. The lowest BCUT2D eigenvalue weighted by Gasteiger charge is -2.29. The molecule has 0 aromatic heterocycles. The van der Waals surface area contributed by atoms with E-state index in [2.05, 4.69) is 12.2 Å². The quantitative estimate of drug-likeness (QED) is 0.829. The van der Waals surface area contributed by atoms with E-state index in [0.717, 1.165) is 37.2 Å². The number of nitrogens with zero attached hydrogens (tertiary/aromatic N) is 1. The van der Waals surface area contributed by atoms with E-state index in [-0.39, 0.29) is 5.91 Å². The molecule has 1 aromatic carbocycles. The number of likely N-dealkylation sites (N-methyl/N-ethyl adjacent to an activating group) is 1. The fourth-order valence-corrected chi connectivity index (χ4v) is 2.21. The van der Waals surface area contributed by atoms with Crippen molar-refractivity contribution >= 4 is 11.6 Å². The second-order valence-corrected chi connectivity index (χ2v) is 4.95. The van der Waals surface area contributed by atoms with Crippen LogP contribution >= 0.6 is 0 Å². The number of para-hydroxylation sites is 2. The Labute approximate surface area is 114 Å². The molecule has 1 aromatic rings. The van der Waals surface area contributed by atoms with Crippen LogP contribution in [0.2, 0.25) is 0 Å². The van der Waals surface area contributed by atoms with Gasteiger partial charge in [0, 0.05) is 13.6 Å². The molecule has 0 saturated heterocycles. The van der Waals surface area contributed by atoms with Crippen LogP contribution in [0.15, 0.2) is 24.3 Å². The summed E-state index contributed by atoms with van der Waals surface area (Å²) in [6, 6.07) is 7.71. The van der Waals surface area contributed by atoms with Gasteiger partial charge in [0.25, 0.3) is 5.91 Å². The van der Waals surface area contributed by atoms with Crippen molar-refractivity contribution in [3.8, 4) is 5.75 Å². The van der Waals surface area contributed by atoms with Crippen molar-refractivity contribution in [2.75, 3.05) is 25.5 Å².